The second-order valence-electron chi connectivity index (χ2n) is 5.20. The Hall–Kier alpha value is -2.36. The van der Waals surface area contributed by atoms with Crippen LogP contribution in [0.15, 0.2) is 47.4 Å². The molecular formula is C17H18N2O3S. The van der Waals surface area contributed by atoms with Crippen LogP contribution in [0.3, 0.4) is 0 Å². The summed E-state index contributed by atoms with van der Waals surface area (Å²) in [5, 5.41) is 8.92. The van der Waals surface area contributed by atoms with Crippen molar-refractivity contribution in [3.05, 3.63) is 59.2 Å². The summed E-state index contributed by atoms with van der Waals surface area (Å²) in [5.74, 6) is 0.647. The lowest BCUT2D eigenvalue weighted by Gasteiger charge is -2.18. The maximum Gasteiger partial charge on any atom is 0.243 e. The van der Waals surface area contributed by atoms with Gasteiger partial charge >= 0.3 is 0 Å². The zero-order chi connectivity index (χ0) is 17.0. The predicted molar refractivity (Wildman–Crippen MR) is 87.5 cm³/mol. The zero-order valence-corrected chi connectivity index (χ0v) is 14.1. The molecule has 0 amide bonds. The summed E-state index contributed by atoms with van der Waals surface area (Å²) < 4.78 is 31.7. The summed E-state index contributed by atoms with van der Waals surface area (Å²) >= 11 is 0. The Morgan fingerprint density at radius 2 is 1.96 bits per heavy atom. The number of hydrogen-bond acceptors (Lipinski definition) is 4. The molecule has 0 radical (unpaired) electrons. The third-order valence-electron chi connectivity index (χ3n) is 3.54. The van der Waals surface area contributed by atoms with E-state index in [1.165, 1.54) is 17.4 Å². The van der Waals surface area contributed by atoms with Crippen LogP contribution in [0.4, 0.5) is 0 Å². The van der Waals surface area contributed by atoms with E-state index in [1.807, 2.05) is 6.07 Å². The quantitative estimate of drug-likeness (QED) is 0.845. The second-order valence-corrected chi connectivity index (χ2v) is 7.25. The highest BCUT2D eigenvalue weighted by molar-refractivity contribution is 7.89. The van der Waals surface area contributed by atoms with E-state index in [2.05, 4.69) is 0 Å². The van der Waals surface area contributed by atoms with E-state index in [1.54, 1.807) is 50.4 Å². The number of methoxy groups -OCH3 is 1. The molecule has 0 heterocycles. The highest BCUT2D eigenvalue weighted by atomic mass is 32.2. The van der Waals surface area contributed by atoms with Crippen molar-refractivity contribution in [2.75, 3.05) is 14.2 Å². The van der Waals surface area contributed by atoms with E-state index in [4.69, 9.17) is 10.00 Å². The SMILES string of the molecule is COc1ccc(S(=O)(=O)N(C)Cc2cccc(C#N)c2)cc1C. The summed E-state index contributed by atoms with van der Waals surface area (Å²) in [6.45, 7) is 2.00. The van der Waals surface area contributed by atoms with E-state index in [0.29, 0.717) is 11.3 Å². The molecule has 6 heteroatoms. The van der Waals surface area contributed by atoms with Crippen LogP contribution >= 0.6 is 0 Å². The third-order valence-corrected chi connectivity index (χ3v) is 5.34. The van der Waals surface area contributed by atoms with Gasteiger partial charge in [-0.3, -0.25) is 0 Å². The fourth-order valence-electron chi connectivity index (χ4n) is 2.27. The van der Waals surface area contributed by atoms with E-state index in [0.717, 1.165) is 11.1 Å². The number of aryl methyl sites for hydroxylation is 1. The van der Waals surface area contributed by atoms with Crippen molar-refractivity contribution in [3.63, 3.8) is 0 Å². The lowest BCUT2D eigenvalue weighted by Crippen LogP contribution is -2.26. The van der Waals surface area contributed by atoms with Crippen LogP contribution in [0.25, 0.3) is 0 Å². The van der Waals surface area contributed by atoms with Crippen LogP contribution in [0.2, 0.25) is 0 Å². The first kappa shape index (κ1) is 17.0. The molecule has 0 spiro atoms. The van der Waals surface area contributed by atoms with Gasteiger partial charge in [0.1, 0.15) is 5.75 Å². The van der Waals surface area contributed by atoms with Gasteiger partial charge in [0.25, 0.3) is 0 Å². The van der Waals surface area contributed by atoms with Crippen molar-refractivity contribution in [3.8, 4) is 11.8 Å². The predicted octanol–water partition coefficient (Wildman–Crippen LogP) is 2.70. The zero-order valence-electron chi connectivity index (χ0n) is 13.3. The van der Waals surface area contributed by atoms with Gasteiger partial charge in [-0.25, -0.2) is 8.42 Å². The molecule has 0 saturated heterocycles. The topological polar surface area (TPSA) is 70.4 Å². The van der Waals surface area contributed by atoms with Crippen molar-refractivity contribution < 1.29 is 13.2 Å². The van der Waals surface area contributed by atoms with Gasteiger partial charge in [-0.1, -0.05) is 12.1 Å². The number of benzene rings is 2. The van der Waals surface area contributed by atoms with Gasteiger partial charge in [0.15, 0.2) is 0 Å². The fourth-order valence-corrected chi connectivity index (χ4v) is 3.52. The molecular weight excluding hydrogens is 312 g/mol. The van der Waals surface area contributed by atoms with Crippen LogP contribution < -0.4 is 4.74 Å². The van der Waals surface area contributed by atoms with Gasteiger partial charge in [0, 0.05) is 13.6 Å². The molecule has 2 rings (SSSR count). The number of hydrogen-bond donors (Lipinski definition) is 0. The molecule has 0 aliphatic rings. The number of ether oxygens (including phenoxy) is 1. The molecule has 0 saturated carbocycles. The summed E-state index contributed by atoms with van der Waals surface area (Å²) in [5.41, 5.74) is 2.03. The van der Waals surface area contributed by atoms with Crippen LogP contribution in [0.5, 0.6) is 5.75 Å². The largest absolute Gasteiger partial charge is 0.496 e. The van der Waals surface area contributed by atoms with Crippen molar-refractivity contribution >= 4 is 10.0 Å². The van der Waals surface area contributed by atoms with Crippen LogP contribution in [0.1, 0.15) is 16.7 Å². The molecule has 0 aromatic heterocycles. The molecule has 0 aliphatic heterocycles. The minimum atomic E-state index is -3.61. The molecule has 120 valence electrons. The van der Waals surface area contributed by atoms with Gasteiger partial charge in [0.2, 0.25) is 10.0 Å². The van der Waals surface area contributed by atoms with Gasteiger partial charge < -0.3 is 4.74 Å². The average Bonchev–Trinajstić information content (AvgIpc) is 2.54. The van der Waals surface area contributed by atoms with Crippen LogP contribution in [-0.4, -0.2) is 26.9 Å². The van der Waals surface area contributed by atoms with Crippen molar-refractivity contribution in [1.29, 1.82) is 5.26 Å². The first-order chi connectivity index (χ1) is 10.9. The normalized spacial score (nSPS) is 11.3. The van der Waals surface area contributed by atoms with Crippen molar-refractivity contribution in [1.82, 2.24) is 4.31 Å². The maximum atomic E-state index is 12.7. The molecule has 2 aromatic rings. The highest BCUT2D eigenvalue weighted by Gasteiger charge is 2.21. The van der Waals surface area contributed by atoms with E-state index >= 15 is 0 Å². The van der Waals surface area contributed by atoms with Gasteiger partial charge in [-0.05, 0) is 48.4 Å². The van der Waals surface area contributed by atoms with Crippen molar-refractivity contribution in [2.24, 2.45) is 0 Å². The first-order valence-corrected chi connectivity index (χ1v) is 8.42. The molecule has 23 heavy (non-hydrogen) atoms. The van der Waals surface area contributed by atoms with Gasteiger partial charge in [-0.15, -0.1) is 0 Å². The maximum absolute atomic E-state index is 12.7. The van der Waals surface area contributed by atoms with Crippen LogP contribution in [-0.2, 0) is 16.6 Å². The molecule has 2 aromatic carbocycles. The molecule has 0 N–H and O–H groups in total. The highest BCUT2D eigenvalue weighted by Crippen LogP contribution is 2.24. The molecule has 0 fully saturated rings. The van der Waals surface area contributed by atoms with Crippen LogP contribution in [0, 0.1) is 18.3 Å². The monoisotopic (exact) mass is 330 g/mol. The Morgan fingerprint density at radius 1 is 1.22 bits per heavy atom. The minimum Gasteiger partial charge on any atom is -0.496 e. The first-order valence-electron chi connectivity index (χ1n) is 6.98. The van der Waals surface area contributed by atoms with Gasteiger partial charge in [0.05, 0.1) is 23.6 Å². The Morgan fingerprint density at radius 3 is 2.57 bits per heavy atom. The van der Waals surface area contributed by atoms with E-state index in [-0.39, 0.29) is 11.4 Å². The summed E-state index contributed by atoms with van der Waals surface area (Å²) in [4.78, 5) is 0.217. The van der Waals surface area contributed by atoms with E-state index < -0.39 is 10.0 Å². The summed E-state index contributed by atoms with van der Waals surface area (Å²) in [6, 6.07) is 13.7. The van der Waals surface area contributed by atoms with E-state index in [9.17, 15) is 8.42 Å². The number of nitrogens with zero attached hydrogens (tertiary/aromatic N) is 2. The Labute approximate surface area is 136 Å². The third kappa shape index (κ3) is 3.70. The average molecular weight is 330 g/mol. The molecule has 0 atom stereocenters. The summed E-state index contributed by atoms with van der Waals surface area (Å²) in [6.07, 6.45) is 0. The summed E-state index contributed by atoms with van der Waals surface area (Å²) in [7, 11) is -0.541. The Bertz CT molecular complexity index is 854. The minimum absolute atomic E-state index is 0.197. The standard InChI is InChI=1S/C17H18N2O3S/c1-13-9-16(7-8-17(13)22-3)23(20,21)19(2)12-15-6-4-5-14(10-15)11-18/h4-10H,12H2,1-3H3. The van der Waals surface area contributed by atoms with Crippen molar-refractivity contribution in [2.45, 2.75) is 18.4 Å². The molecule has 0 bridgehead atoms. The number of rotatable bonds is 5. The molecule has 0 unspecified atom stereocenters. The second kappa shape index (κ2) is 6.82. The lowest BCUT2D eigenvalue weighted by atomic mass is 10.1. The Kier molecular flexibility index (Phi) is 5.04. The van der Waals surface area contributed by atoms with Gasteiger partial charge in [-0.2, -0.15) is 9.57 Å². The lowest BCUT2D eigenvalue weighted by molar-refractivity contribution is 0.411. The molecule has 5 nitrogen and oxygen atoms in total. The smallest absolute Gasteiger partial charge is 0.243 e. The Balaban J connectivity index is 2.28. The fraction of sp³-hybridized carbons (Fsp3) is 0.235. The molecule has 0 aliphatic carbocycles. The number of nitriles is 1. The number of sulfonamides is 1.